The van der Waals surface area contributed by atoms with E-state index in [9.17, 15) is 0 Å². The first-order chi connectivity index (χ1) is 9.90. The Hall–Kier alpha value is -1.02. The maximum Gasteiger partial charge on any atom is 0.0830 e. The molecule has 1 heterocycles. The van der Waals surface area contributed by atoms with E-state index in [4.69, 9.17) is 4.74 Å². The molecule has 0 radical (unpaired) electrons. The molecule has 0 saturated carbocycles. The Morgan fingerprint density at radius 3 is 3.00 bits per heavy atom. The van der Waals surface area contributed by atoms with Gasteiger partial charge in [0.05, 0.1) is 12.2 Å². The Morgan fingerprint density at radius 1 is 1.10 bits per heavy atom. The van der Waals surface area contributed by atoms with Gasteiger partial charge in [-0.3, -0.25) is 0 Å². The summed E-state index contributed by atoms with van der Waals surface area (Å²) < 4.78 is 6.21. The Kier molecular flexibility index (Phi) is 3.43. The van der Waals surface area contributed by atoms with Crippen molar-refractivity contribution in [1.82, 2.24) is 5.32 Å². The molecule has 0 bridgehead atoms. The van der Waals surface area contributed by atoms with E-state index in [1.54, 1.807) is 5.57 Å². The molecule has 0 aromatic rings. The highest BCUT2D eigenvalue weighted by atomic mass is 16.5. The molecule has 2 nitrogen and oxygen atoms in total. The van der Waals surface area contributed by atoms with Crippen molar-refractivity contribution in [2.75, 3.05) is 0 Å². The number of allylic oxidation sites excluding steroid dienone is 3. The van der Waals surface area contributed by atoms with Crippen LogP contribution in [0.2, 0.25) is 0 Å². The first kappa shape index (κ1) is 12.7. The van der Waals surface area contributed by atoms with Gasteiger partial charge in [-0.15, -0.1) is 0 Å². The molecule has 0 aromatic carbocycles. The second-order valence-corrected chi connectivity index (χ2v) is 6.67. The summed E-state index contributed by atoms with van der Waals surface area (Å²) in [6, 6.07) is 0.541. The predicted octanol–water partition coefficient (Wildman–Crippen LogP) is 3.86. The van der Waals surface area contributed by atoms with Crippen LogP contribution in [-0.2, 0) is 4.74 Å². The topological polar surface area (TPSA) is 21.3 Å². The highest BCUT2D eigenvalue weighted by molar-refractivity contribution is 5.28. The summed E-state index contributed by atoms with van der Waals surface area (Å²) in [5.41, 5.74) is 3.08. The molecular weight excluding hydrogens is 246 g/mol. The second kappa shape index (κ2) is 5.40. The van der Waals surface area contributed by atoms with Gasteiger partial charge < -0.3 is 10.1 Å². The molecule has 20 heavy (non-hydrogen) atoms. The fraction of sp³-hybridized carbons (Fsp3) is 0.667. The van der Waals surface area contributed by atoms with Gasteiger partial charge in [-0.1, -0.05) is 24.3 Å². The Labute approximate surface area is 122 Å². The Balaban J connectivity index is 1.49. The number of fused-ring (bicyclic) bond motifs is 3. The van der Waals surface area contributed by atoms with E-state index in [2.05, 4.69) is 29.6 Å². The summed E-state index contributed by atoms with van der Waals surface area (Å²) in [7, 11) is 0. The molecule has 4 aliphatic rings. The fourth-order valence-electron chi connectivity index (χ4n) is 4.24. The molecule has 0 amide bonds. The summed E-state index contributed by atoms with van der Waals surface area (Å²) in [5.74, 6) is 0.662. The van der Waals surface area contributed by atoms with Gasteiger partial charge in [0.1, 0.15) is 0 Å². The summed E-state index contributed by atoms with van der Waals surface area (Å²) in [4.78, 5) is 0. The Bertz CT molecular complexity index is 462. The van der Waals surface area contributed by atoms with E-state index in [0.29, 0.717) is 24.2 Å². The van der Waals surface area contributed by atoms with Crippen LogP contribution in [0.3, 0.4) is 0 Å². The third kappa shape index (κ3) is 2.35. The van der Waals surface area contributed by atoms with Crippen molar-refractivity contribution in [1.29, 1.82) is 0 Å². The van der Waals surface area contributed by atoms with Gasteiger partial charge in [0, 0.05) is 17.7 Å². The predicted molar refractivity (Wildman–Crippen MR) is 81.3 cm³/mol. The lowest BCUT2D eigenvalue weighted by molar-refractivity contribution is 0.0568. The maximum atomic E-state index is 6.21. The van der Waals surface area contributed by atoms with Gasteiger partial charge in [0.2, 0.25) is 0 Å². The average Bonchev–Trinajstić information content (AvgIpc) is 2.86. The molecule has 2 heteroatoms. The number of nitrogens with one attached hydrogen (secondary N) is 1. The molecule has 1 aliphatic heterocycles. The monoisotopic (exact) mass is 271 g/mol. The zero-order valence-electron chi connectivity index (χ0n) is 12.2. The van der Waals surface area contributed by atoms with Crippen molar-refractivity contribution in [3.63, 3.8) is 0 Å². The zero-order valence-corrected chi connectivity index (χ0v) is 12.2. The molecule has 1 saturated heterocycles. The van der Waals surface area contributed by atoms with Crippen molar-refractivity contribution < 1.29 is 4.74 Å². The summed E-state index contributed by atoms with van der Waals surface area (Å²) in [6.45, 7) is 0. The van der Waals surface area contributed by atoms with Gasteiger partial charge in [-0.25, -0.2) is 0 Å². The van der Waals surface area contributed by atoms with Gasteiger partial charge in [0.15, 0.2) is 0 Å². The lowest BCUT2D eigenvalue weighted by Crippen LogP contribution is -2.33. The summed E-state index contributed by atoms with van der Waals surface area (Å²) in [5, 5.41) is 3.78. The third-order valence-corrected chi connectivity index (χ3v) is 5.28. The van der Waals surface area contributed by atoms with Crippen molar-refractivity contribution in [3.05, 3.63) is 35.6 Å². The number of ether oxygens (including phenoxy) is 1. The molecule has 4 rings (SSSR count). The highest BCUT2D eigenvalue weighted by Crippen LogP contribution is 2.42. The summed E-state index contributed by atoms with van der Waals surface area (Å²) in [6.07, 6.45) is 20.4. The highest BCUT2D eigenvalue weighted by Gasteiger charge is 2.41. The van der Waals surface area contributed by atoms with Gasteiger partial charge >= 0.3 is 0 Å². The normalized spacial score (nSPS) is 39.6. The summed E-state index contributed by atoms with van der Waals surface area (Å²) >= 11 is 0. The third-order valence-electron chi connectivity index (χ3n) is 5.28. The second-order valence-electron chi connectivity index (χ2n) is 6.67. The van der Waals surface area contributed by atoms with Gasteiger partial charge in [-0.05, 0) is 56.9 Å². The van der Waals surface area contributed by atoms with Crippen molar-refractivity contribution in [2.45, 2.75) is 69.6 Å². The molecule has 4 unspecified atom stereocenters. The molecule has 3 aliphatic carbocycles. The van der Waals surface area contributed by atoms with Crippen molar-refractivity contribution in [3.8, 4) is 0 Å². The quantitative estimate of drug-likeness (QED) is 0.770. The molecule has 1 N–H and O–H groups in total. The van der Waals surface area contributed by atoms with Crippen LogP contribution in [-0.4, -0.2) is 18.2 Å². The molecular formula is C18H25NO. The van der Waals surface area contributed by atoms with Crippen LogP contribution < -0.4 is 5.32 Å². The van der Waals surface area contributed by atoms with E-state index in [1.165, 1.54) is 57.1 Å². The van der Waals surface area contributed by atoms with Crippen molar-refractivity contribution in [2.24, 2.45) is 5.92 Å². The van der Waals surface area contributed by atoms with Crippen LogP contribution in [0.1, 0.15) is 51.4 Å². The maximum absolute atomic E-state index is 6.21. The lowest BCUT2D eigenvalue weighted by Gasteiger charge is -2.28. The smallest absolute Gasteiger partial charge is 0.0830 e. The van der Waals surface area contributed by atoms with E-state index in [0.717, 1.165) is 0 Å². The van der Waals surface area contributed by atoms with E-state index in [-0.39, 0.29) is 0 Å². The average molecular weight is 271 g/mol. The number of hydrogen-bond donors (Lipinski definition) is 1. The molecule has 108 valence electrons. The van der Waals surface area contributed by atoms with Crippen molar-refractivity contribution >= 4 is 0 Å². The first-order valence-corrected chi connectivity index (χ1v) is 8.39. The number of hydrogen-bond acceptors (Lipinski definition) is 2. The standard InChI is InChI=1S/C18H25NO/c1-2-6-13(7-3-1)19-14-10-11-18-16(12-14)15-8-4-5-9-17(15)20-18/h5-6,9,12,14-15,17-19H,1-4,7-8,10-11H2. The van der Waals surface area contributed by atoms with E-state index in [1.807, 2.05) is 0 Å². The minimum Gasteiger partial charge on any atom is -0.382 e. The van der Waals surface area contributed by atoms with Crippen LogP contribution in [0, 0.1) is 5.92 Å². The van der Waals surface area contributed by atoms with Crippen LogP contribution in [0.15, 0.2) is 35.6 Å². The Morgan fingerprint density at radius 2 is 2.10 bits per heavy atom. The molecule has 0 aromatic heterocycles. The van der Waals surface area contributed by atoms with E-state index < -0.39 is 0 Å². The van der Waals surface area contributed by atoms with Crippen LogP contribution in [0.4, 0.5) is 0 Å². The SMILES string of the molecule is C1=CC2OC3CCC(NC4=CCCCC4)C=C3C2CC1. The minimum absolute atomic E-state index is 0.368. The largest absolute Gasteiger partial charge is 0.382 e. The fourth-order valence-corrected chi connectivity index (χ4v) is 4.24. The molecule has 4 atom stereocenters. The van der Waals surface area contributed by atoms with Gasteiger partial charge in [0.25, 0.3) is 0 Å². The number of rotatable bonds is 2. The van der Waals surface area contributed by atoms with E-state index >= 15 is 0 Å². The molecule has 1 fully saturated rings. The van der Waals surface area contributed by atoms with Gasteiger partial charge in [-0.2, -0.15) is 0 Å². The van der Waals surface area contributed by atoms with Crippen LogP contribution in [0.25, 0.3) is 0 Å². The van der Waals surface area contributed by atoms with Crippen LogP contribution >= 0.6 is 0 Å². The molecule has 0 spiro atoms. The van der Waals surface area contributed by atoms with Crippen LogP contribution in [0.5, 0.6) is 0 Å². The minimum atomic E-state index is 0.368. The first-order valence-electron chi connectivity index (χ1n) is 8.39. The lowest BCUT2D eigenvalue weighted by atomic mass is 9.81. The zero-order chi connectivity index (χ0) is 13.4.